The smallest absolute Gasteiger partial charge is 0.232 e. The standard InChI is InChI=1S/C26H25NO3S/c1-3-31(28,29)27-22-9-6-7-19(17-22)11-15-26-24-10-5-4-8-20(24)12-13-21-18-23(30-2)14-16-25(21)26/h4-11,14,16-18,27H,3,12-13H2,1-2H3. The molecular weight excluding hydrogens is 406 g/mol. The van der Waals surface area contributed by atoms with Crippen molar-refractivity contribution < 1.29 is 13.2 Å². The van der Waals surface area contributed by atoms with Crippen molar-refractivity contribution in [3.8, 4) is 5.75 Å². The van der Waals surface area contributed by atoms with E-state index in [1.807, 2.05) is 30.3 Å². The Hall–Kier alpha value is -3.27. The molecule has 3 aromatic carbocycles. The number of nitrogens with one attached hydrogen (secondary N) is 1. The Labute approximate surface area is 184 Å². The fourth-order valence-corrected chi connectivity index (χ4v) is 4.43. The van der Waals surface area contributed by atoms with Gasteiger partial charge < -0.3 is 4.74 Å². The van der Waals surface area contributed by atoms with Crippen LogP contribution in [0.5, 0.6) is 5.75 Å². The van der Waals surface area contributed by atoms with Gasteiger partial charge in [0.05, 0.1) is 12.9 Å². The van der Waals surface area contributed by atoms with Crippen LogP contribution in [0.15, 0.2) is 72.5 Å². The number of anilines is 1. The molecule has 0 radical (unpaired) electrons. The van der Waals surface area contributed by atoms with Crippen molar-refractivity contribution in [3.05, 3.63) is 100 Å². The van der Waals surface area contributed by atoms with Crippen LogP contribution in [0.2, 0.25) is 0 Å². The second-order valence-electron chi connectivity index (χ2n) is 7.47. The summed E-state index contributed by atoms with van der Waals surface area (Å²) in [6.07, 6.45) is 3.80. The summed E-state index contributed by atoms with van der Waals surface area (Å²) in [6, 6.07) is 21.9. The number of rotatable bonds is 5. The summed E-state index contributed by atoms with van der Waals surface area (Å²) >= 11 is 0. The van der Waals surface area contributed by atoms with Crippen LogP contribution in [0.3, 0.4) is 0 Å². The number of hydrogen-bond donors (Lipinski definition) is 1. The average Bonchev–Trinajstić information content (AvgIpc) is 2.94. The van der Waals surface area contributed by atoms with Gasteiger partial charge in [-0.05, 0) is 84.0 Å². The fraction of sp³-hybridized carbons (Fsp3) is 0.192. The van der Waals surface area contributed by atoms with Crippen molar-refractivity contribution >= 4 is 27.4 Å². The van der Waals surface area contributed by atoms with E-state index in [-0.39, 0.29) is 5.75 Å². The van der Waals surface area contributed by atoms with Crippen LogP contribution < -0.4 is 9.46 Å². The summed E-state index contributed by atoms with van der Waals surface area (Å²) in [4.78, 5) is 0. The summed E-state index contributed by atoms with van der Waals surface area (Å²) in [5.41, 5.74) is 10.8. The summed E-state index contributed by atoms with van der Waals surface area (Å²) in [5.74, 6) is 0.887. The SMILES string of the molecule is CCS(=O)(=O)Nc1cccc(C=C=C2c3ccccc3CCc3cc(OC)ccc32)c1. The summed E-state index contributed by atoms with van der Waals surface area (Å²) < 4.78 is 31.8. The minimum absolute atomic E-state index is 0.0359. The lowest BCUT2D eigenvalue weighted by Gasteiger charge is -2.11. The lowest BCUT2D eigenvalue weighted by atomic mass is 9.94. The first-order valence-corrected chi connectivity index (χ1v) is 12.0. The van der Waals surface area contributed by atoms with Gasteiger partial charge >= 0.3 is 0 Å². The third-order valence-corrected chi connectivity index (χ3v) is 6.76. The number of sulfonamides is 1. The van der Waals surface area contributed by atoms with Crippen molar-refractivity contribution in [1.29, 1.82) is 0 Å². The zero-order valence-corrected chi connectivity index (χ0v) is 18.5. The Balaban J connectivity index is 1.82. The van der Waals surface area contributed by atoms with E-state index in [4.69, 9.17) is 4.74 Å². The first-order valence-electron chi connectivity index (χ1n) is 10.3. The number of benzene rings is 3. The first-order chi connectivity index (χ1) is 15.0. The van der Waals surface area contributed by atoms with Crippen molar-refractivity contribution in [2.45, 2.75) is 19.8 Å². The van der Waals surface area contributed by atoms with Gasteiger partial charge in [-0.3, -0.25) is 4.72 Å². The van der Waals surface area contributed by atoms with Gasteiger partial charge in [0.25, 0.3) is 0 Å². The van der Waals surface area contributed by atoms with E-state index in [9.17, 15) is 8.42 Å². The van der Waals surface area contributed by atoms with E-state index >= 15 is 0 Å². The Morgan fingerprint density at radius 2 is 1.74 bits per heavy atom. The number of methoxy groups -OCH3 is 1. The number of hydrogen-bond acceptors (Lipinski definition) is 3. The molecule has 0 saturated carbocycles. The maximum atomic E-state index is 11.9. The number of aryl methyl sites for hydroxylation is 2. The highest BCUT2D eigenvalue weighted by molar-refractivity contribution is 7.92. The molecule has 4 nitrogen and oxygen atoms in total. The molecule has 158 valence electrons. The van der Waals surface area contributed by atoms with Crippen molar-refractivity contribution in [1.82, 2.24) is 0 Å². The molecule has 1 aliphatic rings. The van der Waals surface area contributed by atoms with E-state index in [0.717, 1.165) is 35.3 Å². The maximum absolute atomic E-state index is 11.9. The van der Waals surface area contributed by atoms with Crippen molar-refractivity contribution in [2.75, 3.05) is 17.6 Å². The highest BCUT2D eigenvalue weighted by Gasteiger charge is 2.18. The Morgan fingerprint density at radius 1 is 0.968 bits per heavy atom. The Bertz CT molecular complexity index is 1290. The molecule has 0 aliphatic heterocycles. The van der Waals surface area contributed by atoms with Crippen LogP contribution >= 0.6 is 0 Å². The van der Waals surface area contributed by atoms with Gasteiger partial charge in [0.1, 0.15) is 5.75 Å². The van der Waals surface area contributed by atoms with E-state index in [2.05, 4.69) is 46.9 Å². The van der Waals surface area contributed by atoms with E-state index < -0.39 is 10.0 Å². The highest BCUT2D eigenvalue weighted by Crippen LogP contribution is 2.34. The maximum Gasteiger partial charge on any atom is 0.232 e. The number of ether oxygens (including phenoxy) is 1. The zero-order valence-electron chi connectivity index (χ0n) is 17.7. The molecule has 1 aliphatic carbocycles. The molecule has 4 rings (SSSR count). The normalized spacial score (nSPS) is 12.8. The molecule has 31 heavy (non-hydrogen) atoms. The van der Waals surface area contributed by atoms with Crippen LogP contribution in [0.1, 0.15) is 34.7 Å². The van der Waals surface area contributed by atoms with Crippen molar-refractivity contribution in [3.63, 3.8) is 0 Å². The quantitative estimate of drug-likeness (QED) is 0.558. The minimum atomic E-state index is -3.32. The molecular formula is C26H25NO3S. The summed E-state index contributed by atoms with van der Waals surface area (Å²) in [7, 11) is -1.63. The molecule has 5 heteroatoms. The Kier molecular flexibility index (Phi) is 5.99. The van der Waals surface area contributed by atoms with Gasteiger partial charge in [0, 0.05) is 11.3 Å². The topological polar surface area (TPSA) is 55.4 Å². The second kappa shape index (κ2) is 8.84. The fourth-order valence-electron chi connectivity index (χ4n) is 3.80. The molecule has 0 saturated heterocycles. The molecule has 0 heterocycles. The van der Waals surface area contributed by atoms with E-state index in [1.54, 1.807) is 20.1 Å². The Morgan fingerprint density at radius 3 is 2.55 bits per heavy atom. The lowest BCUT2D eigenvalue weighted by molar-refractivity contribution is 0.414. The highest BCUT2D eigenvalue weighted by atomic mass is 32.2. The van der Waals surface area contributed by atoms with Gasteiger partial charge in [-0.2, -0.15) is 0 Å². The second-order valence-corrected chi connectivity index (χ2v) is 9.49. The number of fused-ring (bicyclic) bond motifs is 2. The largest absolute Gasteiger partial charge is 0.497 e. The molecule has 3 aromatic rings. The summed E-state index contributed by atoms with van der Waals surface area (Å²) in [5, 5.41) is 0. The lowest BCUT2D eigenvalue weighted by Crippen LogP contribution is -2.14. The molecule has 0 aromatic heterocycles. The molecule has 0 fully saturated rings. The van der Waals surface area contributed by atoms with Gasteiger partial charge in [-0.1, -0.05) is 36.4 Å². The van der Waals surface area contributed by atoms with Crippen LogP contribution in [0.4, 0.5) is 5.69 Å². The minimum Gasteiger partial charge on any atom is -0.497 e. The van der Waals surface area contributed by atoms with Crippen LogP contribution in [0, 0.1) is 0 Å². The first kappa shape index (κ1) is 21.0. The van der Waals surface area contributed by atoms with Gasteiger partial charge in [-0.25, -0.2) is 8.42 Å². The summed E-state index contributed by atoms with van der Waals surface area (Å²) in [6.45, 7) is 1.62. The van der Waals surface area contributed by atoms with Crippen LogP contribution in [-0.4, -0.2) is 21.3 Å². The van der Waals surface area contributed by atoms with Gasteiger partial charge in [0.15, 0.2) is 0 Å². The molecule has 0 bridgehead atoms. The van der Waals surface area contributed by atoms with E-state index in [1.165, 1.54) is 16.7 Å². The third kappa shape index (κ3) is 4.74. The zero-order chi connectivity index (χ0) is 21.8. The van der Waals surface area contributed by atoms with Crippen LogP contribution in [-0.2, 0) is 22.9 Å². The molecule has 0 amide bonds. The molecule has 1 N–H and O–H groups in total. The van der Waals surface area contributed by atoms with Crippen molar-refractivity contribution in [2.24, 2.45) is 0 Å². The predicted molar refractivity (Wildman–Crippen MR) is 127 cm³/mol. The van der Waals surface area contributed by atoms with Crippen LogP contribution in [0.25, 0.3) is 11.6 Å². The van der Waals surface area contributed by atoms with Gasteiger partial charge in [0.2, 0.25) is 10.0 Å². The molecule has 0 spiro atoms. The average molecular weight is 432 g/mol. The van der Waals surface area contributed by atoms with E-state index in [0.29, 0.717) is 5.69 Å². The third-order valence-electron chi connectivity index (χ3n) is 5.46. The molecule has 0 atom stereocenters. The molecule has 0 unspecified atom stereocenters. The van der Waals surface area contributed by atoms with Gasteiger partial charge in [-0.15, -0.1) is 5.73 Å². The predicted octanol–water partition coefficient (Wildman–Crippen LogP) is 5.30. The monoisotopic (exact) mass is 431 g/mol.